The third kappa shape index (κ3) is 3.40. The Bertz CT molecular complexity index is 285. The van der Waals surface area contributed by atoms with Gasteiger partial charge in [-0.3, -0.25) is 9.69 Å². The van der Waals surface area contributed by atoms with Gasteiger partial charge in [0.25, 0.3) is 0 Å². The fourth-order valence-corrected chi connectivity index (χ4v) is 2.85. The first-order valence-corrected chi connectivity index (χ1v) is 6.55. The zero-order valence-electron chi connectivity index (χ0n) is 10.6. The molecule has 2 heterocycles. The molecule has 2 fully saturated rings. The normalized spacial score (nSPS) is 32.5. The summed E-state index contributed by atoms with van der Waals surface area (Å²) in [5.74, 6) is 0.0722. The zero-order chi connectivity index (χ0) is 12.3. The van der Waals surface area contributed by atoms with Gasteiger partial charge in [0.05, 0.1) is 12.1 Å². The van der Waals surface area contributed by atoms with Crippen LogP contribution in [0.4, 0.5) is 0 Å². The summed E-state index contributed by atoms with van der Waals surface area (Å²) in [4.78, 5) is 15.6. The molecule has 0 spiro atoms. The molecule has 0 aromatic carbocycles. The van der Waals surface area contributed by atoms with Gasteiger partial charge < -0.3 is 15.3 Å². The van der Waals surface area contributed by atoms with E-state index in [1.807, 2.05) is 0 Å². The van der Waals surface area contributed by atoms with Crippen molar-refractivity contribution in [3.63, 3.8) is 0 Å². The second kappa shape index (κ2) is 5.33. The number of amides is 1. The van der Waals surface area contributed by atoms with Crippen molar-refractivity contribution in [3.8, 4) is 0 Å². The molecule has 0 radical (unpaired) electrons. The highest BCUT2D eigenvalue weighted by molar-refractivity contribution is 5.78. The number of nitrogens with one attached hydrogen (secondary N) is 1. The molecule has 5 nitrogen and oxygen atoms in total. The SMILES string of the molecule is CCN1CCC[C@@](O)(CN2CCNC(=O)C2)C1. The number of carbonyl (C=O) groups is 1. The van der Waals surface area contributed by atoms with Crippen molar-refractivity contribution in [2.75, 3.05) is 45.8 Å². The molecule has 5 heteroatoms. The number of piperazine rings is 1. The minimum absolute atomic E-state index is 0.0722. The molecule has 0 saturated carbocycles. The minimum atomic E-state index is -0.633. The molecule has 0 aromatic heterocycles. The predicted molar refractivity (Wildman–Crippen MR) is 65.7 cm³/mol. The third-order valence-electron chi connectivity index (χ3n) is 3.72. The van der Waals surface area contributed by atoms with Gasteiger partial charge in [-0.25, -0.2) is 0 Å². The number of likely N-dealkylation sites (tertiary alicyclic amines) is 1. The van der Waals surface area contributed by atoms with Crippen molar-refractivity contribution in [2.45, 2.75) is 25.4 Å². The monoisotopic (exact) mass is 241 g/mol. The number of piperidine rings is 1. The molecule has 98 valence electrons. The molecule has 1 amide bonds. The molecule has 0 aliphatic carbocycles. The van der Waals surface area contributed by atoms with Crippen LogP contribution in [-0.2, 0) is 4.79 Å². The van der Waals surface area contributed by atoms with Crippen LogP contribution in [0.25, 0.3) is 0 Å². The van der Waals surface area contributed by atoms with E-state index in [0.29, 0.717) is 19.6 Å². The van der Waals surface area contributed by atoms with Gasteiger partial charge in [0.15, 0.2) is 0 Å². The van der Waals surface area contributed by atoms with Gasteiger partial charge >= 0.3 is 0 Å². The van der Waals surface area contributed by atoms with E-state index in [2.05, 4.69) is 22.0 Å². The van der Waals surface area contributed by atoms with Crippen LogP contribution < -0.4 is 5.32 Å². The number of carbonyl (C=O) groups excluding carboxylic acids is 1. The zero-order valence-corrected chi connectivity index (χ0v) is 10.6. The summed E-state index contributed by atoms with van der Waals surface area (Å²) in [6.07, 6.45) is 1.89. The molecular weight excluding hydrogens is 218 g/mol. The van der Waals surface area contributed by atoms with Crippen LogP contribution >= 0.6 is 0 Å². The maximum Gasteiger partial charge on any atom is 0.234 e. The van der Waals surface area contributed by atoms with Gasteiger partial charge in [-0.2, -0.15) is 0 Å². The third-order valence-corrected chi connectivity index (χ3v) is 3.72. The quantitative estimate of drug-likeness (QED) is 0.684. The molecule has 17 heavy (non-hydrogen) atoms. The number of likely N-dealkylation sites (N-methyl/N-ethyl adjacent to an activating group) is 1. The first kappa shape index (κ1) is 12.8. The summed E-state index contributed by atoms with van der Waals surface area (Å²) in [5.41, 5.74) is -0.633. The Labute approximate surface area is 103 Å². The fraction of sp³-hybridized carbons (Fsp3) is 0.917. The van der Waals surface area contributed by atoms with E-state index in [-0.39, 0.29) is 5.91 Å². The molecule has 2 aliphatic rings. The Kier molecular flexibility index (Phi) is 4.01. The molecule has 0 aromatic rings. The number of rotatable bonds is 3. The van der Waals surface area contributed by atoms with E-state index in [1.54, 1.807) is 0 Å². The predicted octanol–water partition coefficient (Wildman–Crippen LogP) is -0.735. The average Bonchev–Trinajstić information content (AvgIpc) is 2.28. The molecule has 2 rings (SSSR count). The highest BCUT2D eigenvalue weighted by atomic mass is 16.3. The molecule has 2 N–H and O–H groups in total. The van der Waals surface area contributed by atoms with Crippen molar-refractivity contribution in [1.29, 1.82) is 0 Å². The first-order chi connectivity index (χ1) is 8.11. The van der Waals surface area contributed by atoms with Crippen molar-refractivity contribution in [2.24, 2.45) is 0 Å². The second-order valence-corrected chi connectivity index (χ2v) is 5.26. The molecule has 2 saturated heterocycles. The van der Waals surface area contributed by atoms with E-state index in [9.17, 15) is 9.90 Å². The highest BCUT2D eigenvalue weighted by Crippen LogP contribution is 2.22. The molecular formula is C12H23N3O2. The Morgan fingerprint density at radius 3 is 2.94 bits per heavy atom. The van der Waals surface area contributed by atoms with Crippen LogP contribution in [0.15, 0.2) is 0 Å². The highest BCUT2D eigenvalue weighted by Gasteiger charge is 2.35. The summed E-state index contributed by atoms with van der Waals surface area (Å²) >= 11 is 0. The lowest BCUT2D eigenvalue weighted by atomic mass is 9.92. The maximum absolute atomic E-state index is 11.3. The Hall–Kier alpha value is -0.650. The largest absolute Gasteiger partial charge is 0.387 e. The number of hydrogen-bond donors (Lipinski definition) is 2. The van der Waals surface area contributed by atoms with Crippen LogP contribution in [0, 0.1) is 0 Å². The number of hydrogen-bond acceptors (Lipinski definition) is 4. The van der Waals surface area contributed by atoms with Crippen molar-refractivity contribution < 1.29 is 9.90 Å². The van der Waals surface area contributed by atoms with Gasteiger partial charge in [0.1, 0.15) is 0 Å². The standard InChI is InChI=1S/C12H23N3O2/c1-2-14-6-3-4-12(17,9-14)10-15-7-5-13-11(16)8-15/h17H,2-10H2,1H3,(H,13,16)/t12-/m0/s1. The lowest BCUT2D eigenvalue weighted by Gasteiger charge is -2.42. The van der Waals surface area contributed by atoms with Crippen molar-refractivity contribution >= 4 is 5.91 Å². The first-order valence-electron chi connectivity index (χ1n) is 6.55. The van der Waals surface area contributed by atoms with E-state index in [0.717, 1.165) is 39.0 Å². The topological polar surface area (TPSA) is 55.8 Å². The van der Waals surface area contributed by atoms with Crippen LogP contribution in [0.3, 0.4) is 0 Å². The molecule has 1 atom stereocenters. The van der Waals surface area contributed by atoms with E-state index in [4.69, 9.17) is 0 Å². The Balaban J connectivity index is 1.89. The maximum atomic E-state index is 11.3. The Morgan fingerprint density at radius 1 is 1.41 bits per heavy atom. The minimum Gasteiger partial charge on any atom is -0.387 e. The van der Waals surface area contributed by atoms with Crippen molar-refractivity contribution in [1.82, 2.24) is 15.1 Å². The van der Waals surface area contributed by atoms with Gasteiger partial charge in [-0.1, -0.05) is 6.92 Å². The smallest absolute Gasteiger partial charge is 0.234 e. The summed E-state index contributed by atoms with van der Waals surface area (Å²) < 4.78 is 0. The van der Waals surface area contributed by atoms with Crippen LogP contribution in [0.1, 0.15) is 19.8 Å². The van der Waals surface area contributed by atoms with Gasteiger partial charge in [0.2, 0.25) is 5.91 Å². The van der Waals surface area contributed by atoms with E-state index >= 15 is 0 Å². The summed E-state index contributed by atoms with van der Waals surface area (Å²) in [6.45, 7) is 7.53. The van der Waals surface area contributed by atoms with Crippen LogP contribution in [-0.4, -0.2) is 72.2 Å². The van der Waals surface area contributed by atoms with Crippen LogP contribution in [0.2, 0.25) is 0 Å². The lowest BCUT2D eigenvalue weighted by molar-refractivity contribution is -0.126. The number of nitrogens with zero attached hydrogens (tertiary/aromatic N) is 2. The second-order valence-electron chi connectivity index (χ2n) is 5.26. The van der Waals surface area contributed by atoms with E-state index in [1.165, 1.54) is 0 Å². The molecule has 0 unspecified atom stereocenters. The summed E-state index contributed by atoms with van der Waals surface area (Å²) in [5, 5.41) is 13.4. The number of aliphatic hydroxyl groups is 1. The number of β-amino-alcohol motifs (C(OH)–C–C–N with tert-alkyl or cyclic N) is 1. The molecule has 2 aliphatic heterocycles. The molecule has 0 bridgehead atoms. The Morgan fingerprint density at radius 2 is 2.24 bits per heavy atom. The van der Waals surface area contributed by atoms with Crippen LogP contribution in [0.5, 0.6) is 0 Å². The summed E-state index contributed by atoms with van der Waals surface area (Å²) in [7, 11) is 0. The van der Waals surface area contributed by atoms with E-state index < -0.39 is 5.60 Å². The van der Waals surface area contributed by atoms with Gasteiger partial charge in [-0.05, 0) is 25.9 Å². The van der Waals surface area contributed by atoms with Gasteiger partial charge in [0, 0.05) is 26.2 Å². The van der Waals surface area contributed by atoms with Crippen molar-refractivity contribution in [3.05, 3.63) is 0 Å². The lowest BCUT2D eigenvalue weighted by Crippen LogP contribution is -2.58. The van der Waals surface area contributed by atoms with Gasteiger partial charge in [-0.15, -0.1) is 0 Å². The average molecular weight is 241 g/mol. The fourth-order valence-electron chi connectivity index (χ4n) is 2.85. The summed E-state index contributed by atoms with van der Waals surface area (Å²) in [6, 6.07) is 0.